The lowest BCUT2D eigenvalue weighted by molar-refractivity contribution is -0.193. The van der Waals surface area contributed by atoms with E-state index in [0.29, 0.717) is 45.4 Å². The molecular weight excluding hydrogens is 332 g/mol. The van der Waals surface area contributed by atoms with Crippen LogP contribution in [0.3, 0.4) is 0 Å². The highest BCUT2D eigenvalue weighted by atomic mass is 16.7. The molecule has 136 valence electrons. The molecule has 1 spiro atoms. The number of para-hydroxylation sites is 1. The molecule has 1 saturated carbocycles. The van der Waals surface area contributed by atoms with Gasteiger partial charge in [0, 0.05) is 36.5 Å². The Morgan fingerprint density at radius 3 is 2.73 bits per heavy atom. The van der Waals surface area contributed by atoms with E-state index in [1.165, 1.54) is 4.90 Å². The number of imide groups is 1. The van der Waals surface area contributed by atoms with Crippen molar-refractivity contribution in [1.82, 2.24) is 9.88 Å². The molecule has 3 fully saturated rings. The zero-order valence-electron chi connectivity index (χ0n) is 14.6. The van der Waals surface area contributed by atoms with E-state index in [0.717, 1.165) is 16.5 Å². The zero-order valence-corrected chi connectivity index (χ0v) is 14.6. The topological polar surface area (TPSA) is 71.6 Å². The molecule has 2 saturated heterocycles. The number of ether oxygens (including phenoxy) is 2. The Kier molecular flexibility index (Phi) is 3.65. The van der Waals surface area contributed by atoms with E-state index in [2.05, 4.69) is 11.1 Å². The summed E-state index contributed by atoms with van der Waals surface area (Å²) in [6, 6.07) is 8.08. The fourth-order valence-corrected chi connectivity index (χ4v) is 4.77. The Hall–Kier alpha value is -2.18. The zero-order chi connectivity index (χ0) is 17.7. The number of nitrogens with zero attached hydrogens (tertiary/aromatic N) is 1. The molecular formula is C20H22N2O4. The third kappa shape index (κ3) is 2.40. The van der Waals surface area contributed by atoms with Crippen molar-refractivity contribution in [2.45, 2.75) is 31.5 Å². The molecule has 1 aromatic carbocycles. The van der Waals surface area contributed by atoms with Gasteiger partial charge in [-0.1, -0.05) is 18.2 Å². The van der Waals surface area contributed by atoms with Crippen molar-refractivity contribution in [2.75, 3.05) is 19.8 Å². The van der Waals surface area contributed by atoms with Crippen LogP contribution in [0.2, 0.25) is 0 Å². The van der Waals surface area contributed by atoms with E-state index in [1.807, 2.05) is 24.4 Å². The SMILES string of the molecule is O=C1C2CCC3(CC2C(=O)N1CCc1c[nH]c2ccccc12)OCCO3. The molecule has 0 bridgehead atoms. The Bertz CT molecular complexity index is 868. The summed E-state index contributed by atoms with van der Waals surface area (Å²) < 4.78 is 11.5. The minimum atomic E-state index is -0.635. The number of aromatic amines is 1. The maximum Gasteiger partial charge on any atom is 0.233 e. The lowest BCUT2D eigenvalue weighted by atomic mass is 9.77. The molecule has 2 atom stereocenters. The van der Waals surface area contributed by atoms with Gasteiger partial charge in [-0.3, -0.25) is 14.5 Å². The van der Waals surface area contributed by atoms with Gasteiger partial charge in [-0.05, 0) is 24.5 Å². The van der Waals surface area contributed by atoms with Crippen LogP contribution in [0.5, 0.6) is 0 Å². The number of aromatic nitrogens is 1. The number of carbonyl (C=O) groups excluding carboxylic acids is 2. The van der Waals surface area contributed by atoms with Crippen LogP contribution < -0.4 is 0 Å². The van der Waals surface area contributed by atoms with Gasteiger partial charge in [0.05, 0.1) is 25.0 Å². The maximum absolute atomic E-state index is 12.9. The lowest BCUT2D eigenvalue weighted by Gasteiger charge is -2.35. The van der Waals surface area contributed by atoms with Gasteiger partial charge in [0.1, 0.15) is 0 Å². The highest BCUT2D eigenvalue weighted by molar-refractivity contribution is 6.05. The summed E-state index contributed by atoms with van der Waals surface area (Å²) in [6.45, 7) is 1.58. The quantitative estimate of drug-likeness (QED) is 0.858. The standard InChI is InChI=1S/C20H22N2O4/c23-18-15-5-7-20(25-9-10-26-20)11-16(15)19(24)22(18)8-6-13-12-21-17-4-2-1-3-14(13)17/h1-4,12,15-16,21H,5-11H2. The number of amides is 2. The van der Waals surface area contributed by atoms with Crippen molar-refractivity contribution < 1.29 is 19.1 Å². The minimum Gasteiger partial charge on any atom is -0.361 e. The molecule has 1 N–H and O–H groups in total. The predicted molar refractivity (Wildman–Crippen MR) is 94.2 cm³/mol. The molecule has 26 heavy (non-hydrogen) atoms. The fraction of sp³-hybridized carbons (Fsp3) is 0.500. The van der Waals surface area contributed by atoms with Crippen molar-refractivity contribution in [3.63, 3.8) is 0 Å². The highest BCUT2D eigenvalue weighted by Crippen LogP contribution is 2.46. The molecule has 1 aromatic heterocycles. The Labute approximate surface area is 151 Å². The summed E-state index contributed by atoms with van der Waals surface area (Å²) in [5, 5.41) is 1.15. The first-order chi connectivity index (χ1) is 12.7. The Balaban J connectivity index is 1.32. The van der Waals surface area contributed by atoms with Crippen LogP contribution in [0.25, 0.3) is 10.9 Å². The van der Waals surface area contributed by atoms with Gasteiger partial charge in [0.15, 0.2) is 5.79 Å². The normalized spacial score (nSPS) is 27.6. The average Bonchev–Trinajstić information content (AvgIpc) is 3.34. The van der Waals surface area contributed by atoms with E-state index in [1.54, 1.807) is 0 Å². The van der Waals surface area contributed by atoms with Crippen molar-refractivity contribution in [3.05, 3.63) is 36.0 Å². The van der Waals surface area contributed by atoms with Gasteiger partial charge >= 0.3 is 0 Å². The molecule has 5 rings (SSSR count). The first kappa shape index (κ1) is 16.0. The second-order valence-electron chi connectivity index (χ2n) is 7.50. The number of fused-ring (bicyclic) bond motifs is 2. The summed E-state index contributed by atoms with van der Waals surface area (Å²) in [5.41, 5.74) is 2.21. The molecule has 0 radical (unpaired) electrons. The van der Waals surface area contributed by atoms with Gasteiger partial charge < -0.3 is 14.5 Å². The van der Waals surface area contributed by atoms with E-state index in [-0.39, 0.29) is 23.7 Å². The summed E-state index contributed by atoms with van der Waals surface area (Å²) in [5.74, 6) is -1.21. The Morgan fingerprint density at radius 2 is 1.88 bits per heavy atom. The van der Waals surface area contributed by atoms with Crippen LogP contribution in [0.1, 0.15) is 24.8 Å². The summed E-state index contributed by atoms with van der Waals surface area (Å²) >= 11 is 0. The molecule has 6 heteroatoms. The van der Waals surface area contributed by atoms with E-state index in [9.17, 15) is 9.59 Å². The average molecular weight is 354 g/mol. The van der Waals surface area contributed by atoms with Crippen molar-refractivity contribution in [2.24, 2.45) is 11.8 Å². The molecule has 3 heterocycles. The number of nitrogens with one attached hydrogen (secondary N) is 1. The van der Waals surface area contributed by atoms with Crippen LogP contribution in [0.4, 0.5) is 0 Å². The number of benzene rings is 1. The smallest absolute Gasteiger partial charge is 0.233 e. The second kappa shape index (κ2) is 5.93. The van der Waals surface area contributed by atoms with E-state index >= 15 is 0 Å². The molecule has 3 aliphatic rings. The lowest BCUT2D eigenvalue weighted by Crippen LogP contribution is -2.41. The first-order valence-corrected chi connectivity index (χ1v) is 9.35. The summed E-state index contributed by atoms with van der Waals surface area (Å²) in [7, 11) is 0. The van der Waals surface area contributed by atoms with Crippen molar-refractivity contribution in [3.8, 4) is 0 Å². The highest BCUT2D eigenvalue weighted by Gasteiger charge is 2.55. The number of carbonyl (C=O) groups is 2. The van der Waals surface area contributed by atoms with Gasteiger partial charge in [-0.2, -0.15) is 0 Å². The number of hydrogen-bond acceptors (Lipinski definition) is 4. The molecule has 6 nitrogen and oxygen atoms in total. The van der Waals surface area contributed by atoms with E-state index in [4.69, 9.17) is 9.47 Å². The van der Waals surface area contributed by atoms with Gasteiger partial charge in [0.25, 0.3) is 0 Å². The minimum absolute atomic E-state index is 0.0207. The number of H-pyrrole nitrogens is 1. The van der Waals surface area contributed by atoms with Gasteiger partial charge in [-0.15, -0.1) is 0 Å². The molecule has 1 aliphatic carbocycles. The van der Waals surface area contributed by atoms with E-state index < -0.39 is 5.79 Å². The summed E-state index contributed by atoms with van der Waals surface area (Å²) in [6.07, 6.45) is 4.51. The monoisotopic (exact) mass is 354 g/mol. The maximum atomic E-state index is 12.9. The third-order valence-corrected chi connectivity index (χ3v) is 6.11. The van der Waals surface area contributed by atoms with Crippen LogP contribution in [-0.4, -0.2) is 47.2 Å². The first-order valence-electron chi connectivity index (χ1n) is 9.35. The predicted octanol–water partition coefficient (Wildman–Crippen LogP) is 2.24. The molecule has 2 unspecified atom stereocenters. The van der Waals surface area contributed by atoms with Crippen LogP contribution in [-0.2, 0) is 25.5 Å². The number of rotatable bonds is 3. The van der Waals surface area contributed by atoms with Crippen molar-refractivity contribution >= 4 is 22.7 Å². The molecule has 2 amide bonds. The number of likely N-dealkylation sites (tertiary alicyclic amines) is 1. The van der Waals surface area contributed by atoms with Gasteiger partial charge in [-0.25, -0.2) is 0 Å². The van der Waals surface area contributed by atoms with Gasteiger partial charge in [0.2, 0.25) is 11.8 Å². The van der Waals surface area contributed by atoms with Crippen LogP contribution in [0.15, 0.2) is 30.5 Å². The third-order valence-electron chi connectivity index (χ3n) is 6.11. The summed E-state index contributed by atoms with van der Waals surface area (Å²) in [4.78, 5) is 30.4. The molecule has 2 aliphatic heterocycles. The second-order valence-corrected chi connectivity index (χ2v) is 7.50. The molecule has 2 aromatic rings. The Morgan fingerprint density at radius 1 is 1.12 bits per heavy atom. The number of hydrogen-bond donors (Lipinski definition) is 1. The van der Waals surface area contributed by atoms with Crippen LogP contribution in [0, 0.1) is 11.8 Å². The fourth-order valence-electron chi connectivity index (χ4n) is 4.77. The largest absolute Gasteiger partial charge is 0.361 e. The van der Waals surface area contributed by atoms with Crippen molar-refractivity contribution in [1.29, 1.82) is 0 Å². The van der Waals surface area contributed by atoms with Crippen LogP contribution >= 0.6 is 0 Å².